The van der Waals surface area contributed by atoms with Gasteiger partial charge in [0.05, 0.1) is 29.7 Å². The van der Waals surface area contributed by atoms with Crippen molar-refractivity contribution in [3.63, 3.8) is 0 Å². The Morgan fingerprint density at radius 3 is 2.57 bits per heavy atom. The van der Waals surface area contributed by atoms with Crippen LogP contribution >= 0.6 is 0 Å². The van der Waals surface area contributed by atoms with Gasteiger partial charge < -0.3 is 14.4 Å². The molecule has 2 rings (SSSR count). The fraction of sp³-hybridized carbons (Fsp3) is 0.800. The van der Waals surface area contributed by atoms with Gasteiger partial charge in [0.25, 0.3) is 0 Å². The molecule has 2 heterocycles. The van der Waals surface area contributed by atoms with E-state index in [0.29, 0.717) is 12.6 Å². The highest BCUT2D eigenvalue weighted by atomic mass is 16.5. The van der Waals surface area contributed by atoms with Crippen LogP contribution in [0.15, 0.2) is 0 Å². The van der Waals surface area contributed by atoms with Gasteiger partial charge in [-0.25, -0.2) is 4.98 Å². The smallest absolute Gasteiger partial charge is 0.245 e. The van der Waals surface area contributed by atoms with E-state index in [-0.39, 0.29) is 11.7 Å². The van der Waals surface area contributed by atoms with Crippen LogP contribution in [0.3, 0.4) is 0 Å². The number of methoxy groups -OCH3 is 1. The molecule has 1 aromatic rings. The normalized spacial score (nSPS) is 21.6. The molecule has 1 saturated heterocycles. The van der Waals surface area contributed by atoms with E-state index in [2.05, 4.69) is 42.8 Å². The Morgan fingerprint density at radius 1 is 1.24 bits per heavy atom. The van der Waals surface area contributed by atoms with Gasteiger partial charge in [0.15, 0.2) is 0 Å². The standard InChI is InChI=1S/C15H26N4O2/c1-6-12-13(7-2)17-18-14(16-12)19-8-11(9-20-5)21-15(3,4)10-19/h11H,6-10H2,1-5H3/t11-/m1/s1. The first kappa shape index (κ1) is 16.1. The third-order valence-electron chi connectivity index (χ3n) is 3.61. The maximum Gasteiger partial charge on any atom is 0.245 e. The highest BCUT2D eigenvalue weighted by Crippen LogP contribution is 2.24. The van der Waals surface area contributed by atoms with Gasteiger partial charge in [0.2, 0.25) is 5.95 Å². The zero-order chi connectivity index (χ0) is 15.5. The monoisotopic (exact) mass is 294 g/mol. The molecule has 1 aliphatic heterocycles. The first-order valence-electron chi connectivity index (χ1n) is 7.63. The molecule has 0 N–H and O–H groups in total. The van der Waals surface area contributed by atoms with Gasteiger partial charge in [-0.2, -0.15) is 5.10 Å². The second kappa shape index (κ2) is 6.66. The number of aromatic nitrogens is 3. The van der Waals surface area contributed by atoms with E-state index in [0.717, 1.165) is 37.3 Å². The summed E-state index contributed by atoms with van der Waals surface area (Å²) in [4.78, 5) is 6.85. The van der Waals surface area contributed by atoms with Gasteiger partial charge in [-0.05, 0) is 26.7 Å². The van der Waals surface area contributed by atoms with Crippen LogP contribution < -0.4 is 4.90 Å². The predicted molar refractivity (Wildman–Crippen MR) is 81.6 cm³/mol. The Hall–Kier alpha value is -1.27. The van der Waals surface area contributed by atoms with Crippen molar-refractivity contribution in [1.29, 1.82) is 0 Å². The first-order valence-corrected chi connectivity index (χ1v) is 7.63. The molecular weight excluding hydrogens is 268 g/mol. The van der Waals surface area contributed by atoms with Crippen LogP contribution in [0.2, 0.25) is 0 Å². The number of aryl methyl sites for hydroxylation is 2. The molecule has 1 aromatic heterocycles. The summed E-state index contributed by atoms with van der Waals surface area (Å²) in [7, 11) is 1.69. The Balaban J connectivity index is 2.23. The molecule has 0 spiro atoms. The quantitative estimate of drug-likeness (QED) is 0.822. The van der Waals surface area contributed by atoms with E-state index in [1.165, 1.54) is 0 Å². The third kappa shape index (κ3) is 3.89. The molecule has 0 amide bonds. The van der Waals surface area contributed by atoms with Crippen LogP contribution in [0, 0.1) is 0 Å². The van der Waals surface area contributed by atoms with E-state index in [9.17, 15) is 0 Å². The number of nitrogens with zero attached hydrogens (tertiary/aromatic N) is 4. The van der Waals surface area contributed by atoms with Crippen molar-refractivity contribution in [1.82, 2.24) is 15.2 Å². The molecular formula is C15H26N4O2. The highest BCUT2D eigenvalue weighted by Gasteiger charge is 2.34. The summed E-state index contributed by atoms with van der Waals surface area (Å²) >= 11 is 0. The van der Waals surface area contributed by atoms with E-state index in [1.54, 1.807) is 7.11 Å². The Kier molecular flexibility index (Phi) is 5.11. The van der Waals surface area contributed by atoms with Crippen LogP contribution in [0.1, 0.15) is 39.1 Å². The lowest BCUT2D eigenvalue weighted by atomic mass is 10.1. The molecule has 0 saturated carbocycles. The number of anilines is 1. The van der Waals surface area contributed by atoms with Crippen molar-refractivity contribution in [2.45, 2.75) is 52.2 Å². The summed E-state index contributed by atoms with van der Waals surface area (Å²) in [5, 5.41) is 8.65. The van der Waals surface area contributed by atoms with Crippen LogP contribution in [0.25, 0.3) is 0 Å². The summed E-state index contributed by atoms with van der Waals surface area (Å²) in [6, 6.07) is 0. The molecule has 6 heteroatoms. The molecule has 0 aliphatic carbocycles. The summed E-state index contributed by atoms with van der Waals surface area (Å²) in [6.45, 7) is 10.4. The Labute approximate surface area is 126 Å². The van der Waals surface area contributed by atoms with Gasteiger partial charge >= 0.3 is 0 Å². The Bertz CT molecular complexity index is 479. The van der Waals surface area contributed by atoms with Crippen LogP contribution in [-0.4, -0.2) is 53.7 Å². The van der Waals surface area contributed by atoms with Crippen LogP contribution in [-0.2, 0) is 22.3 Å². The van der Waals surface area contributed by atoms with Crippen molar-refractivity contribution in [2.75, 3.05) is 31.7 Å². The van der Waals surface area contributed by atoms with E-state index in [4.69, 9.17) is 14.5 Å². The third-order valence-corrected chi connectivity index (χ3v) is 3.61. The zero-order valence-corrected chi connectivity index (χ0v) is 13.7. The minimum atomic E-state index is -0.249. The molecule has 0 aromatic carbocycles. The lowest BCUT2D eigenvalue weighted by Crippen LogP contribution is -2.54. The van der Waals surface area contributed by atoms with Crippen molar-refractivity contribution >= 4 is 5.95 Å². The minimum Gasteiger partial charge on any atom is -0.382 e. The second-order valence-corrected chi connectivity index (χ2v) is 6.05. The lowest BCUT2D eigenvalue weighted by Gasteiger charge is -2.42. The minimum absolute atomic E-state index is 0.0262. The number of ether oxygens (including phenoxy) is 2. The molecule has 1 fully saturated rings. The average molecular weight is 294 g/mol. The maximum atomic E-state index is 6.02. The number of rotatable bonds is 5. The molecule has 6 nitrogen and oxygen atoms in total. The van der Waals surface area contributed by atoms with Crippen LogP contribution in [0.5, 0.6) is 0 Å². The van der Waals surface area contributed by atoms with E-state index in [1.807, 2.05) is 0 Å². The van der Waals surface area contributed by atoms with Gasteiger partial charge in [-0.1, -0.05) is 13.8 Å². The van der Waals surface area contributed by atoms with Crippen molar-refractivity contribution in [2.24, 2.45) is 0 Å². The second-order valence-electron chi connectivity index (χ2n) is 6.05. The Morgan fingerprint density at radius 2 is 1.95 bits per heavy atom. The molecule has 1 atom stereocenters. The number of hydrogen-bond donors (Lipinski definition) is 0. The molecule has 1 aliphatic rings. The van der Waals surface area contributed by atoms with Gasteiger partial charge in [-0.3, -0.25) is 0 Å². The summed E-state index contributed by atoms with van der Waals surface area (Å²) in [5.41, 5.74) is 1.78. The highest BCUT2D eigenvalue weighted by molar-refractivity contribution is 5.32. The zero-order valence-electron chi connectivity index (χ0n) is 13.7. The van der Waals surface area contributed by atoms with Crippen LogP contribution in [0.4, 0.5) is 5.95 Å². The SMILES string of the molecule is CCc1nnc(N2C[C@H](COC)OC(C)(C)C2)nc1CC. The van der Waals surface area contributed by atoms with E-state index < -0.39 is 0 Å². The summed E-state index contributed by atoms with van der Waals surface area (Å²) < 4.78 is 11.3. The molecule has 0 unspecified atom stereocenters. The molecule has 0 radical (unpaired) electrons. The maximum absolute atomic E-state index is 6.02. The van der Waals surface area contributed by atoms with Crippen molar-refractivity contribution < 1.29 is 9.47 Å². The number of hydrogen-bond acceptors (Lipinski definition) is 6. The number of morpholine rings is 1. The molecule has 0 bridgehead atoms. The lowest BCUT2D eigenvalue weighted by molar-refractivity contribution is -0.106. The van der Waals surface area contributed by atoms with Gasteiger partial charge in [0, 0.05) is 20.2 Å². The molecule has 21 heavy (non-hydrogen) atoms. The fourth-order valence-electron chi connectivity index (χ4n) is 2.78. The van der Waals surface area contributed by atoms with E-state index >= 15 is 0 Å². The summed E-state index contributed by atoms with van der Waals surface area (Å²) in [5.74, 6) is 0.696. The predicted octanol–water partition coefficient (Wildman–Crippen LogP) is 1.63. The van der Waals surface area contributed by atoms with Crippen molar-refractivity contribution in [3.8, 4) is 0 Å². The summed E-state index contributed by atoms with van der Waals surface area (Å²) in [6.07, 6.45) is 1.77. The molecule has 118 valence electrons. The topological polar surface area (TPSA) is 60.4 Å². The van der Waals surface area contributed by atoms with Gasteiger partial charge in [-0.15, -0.1) is 5.10 Å². The van der Waals surface area contributed by atoms with Gasteiger partial charge in [0.1, 0.15) is 0 Å². The average Bonchev–Trinajstić information content (AvgIpc) is 2.45. The first-order chi connectivity index (χ1) is 9.99. The largest absolute Gasteiger partial charge is 0.382 e. The fourth-order valence-corrected chi connectivity index (χ4v) is 2.78. The van der Waals surface area contributed by atoms with Crippen molar-refractivity contribution in [3.05, 3.63) is 11.4 Å².